The number of primary amides is 1. The number of carbonyl (C=O) groups excluding carboxylic acids is 4. The van der Waals surface area contributed by atoms with Gasteiger partial charge in [-0.1, -0.05) is 32.1 Å². The molecule has 0 radical (unpaired) electrons. The summed E-state index contributed by atoms with van der Waals surface area (Å²) in [6.07, 6.45) is 4.12. The molecular weight excluding hydrogens is 684 g/mol. The van der Waals surface area contributed by atoms with E-state index in [1.54, 1.807) is 32.2 Å². The van der Waals surface area contributed by atoms with Crippen molar-refractivity contribution in [3.8, 4) is 0 Å². The molecule has 1 amide bonds. The summed E-state index contributed by atoms with van der Waals surface area (Å²) in [6, 6.07) is 3.36. The van der Waals surface area contributed by atoms with Crippen LogP contribution in [0, 0.1) is 23.7 Å². The average molecular weight is 743 g/mol. The Morgan fingerprint density at radius 1 is 1.04 bits per heavy atom. The second-order valence-electron chi connectivity index (χ2n) is 16.5. The highest BCUT2D eigenvalue weighted by Gasteiger charge is 2.58. The Kier molecular flexibility index (Phi) is 11.3. The lowest BCUT2D eigenvalue weighted by Crippen LogP contribution is -2.76. The highest BCUT2D eigenvalue weighted by Crippen LogP contribution is 2.53. The molecule has 1 aromatic rings. The Labute approximate surface area is 311 Å². The monoisotopic (exact) mass is 742 g/mol. The number of ether oxygens (including phenoxy) is 5. The van der Waals surface area contributed by atoms with Crippen LogP contribution in [0.4, 0.5) is 0 Å². The number of amides is 1. The maximum absolute atomic E-state index is 13.8. The zero-order chi connectivity index (χ0) is 38.3. The fraction of sp³-hybridized carbons (Fsp3) is 0.692. The molecule has 53 heavy (non-hydrogen) atoms. The smallest absolute Gasteiger partial charge is 0.362 e. The molecule has 292 valence electrons. The quantitative estimate of drug-likeness (QED) is 0.124. The number of aliphatic hydroxyl groups excluding tert-OH is 1. The van der Waals surface area contributed by atoms with Crippen molar-refractivity contribution in [2.45, 2.75) is 89.7 Å². The Bertz CT molecular complexity index is 1570. The molecule has 1 spiro atoms. The van der Waals surface area contributed by atoms with E-state index < -0.39 is 60.1 Å². The van der Waals surface area contributed by atoms with Crippen molar-refractivity contribution >= 4 is 23.8 Å². The fourth-order valence-electron chi connectivity index (χ4n) is 9.54. The predicted octanol–water partition coefficient (Wildman–Crippen LogP) is 1.88. The molecule has 6 heterocycles. The van der Waals surface area contributed by atoms with E-state index in [1.165, 1.54) is 7.11 Å². The number of aromatic amines is 1. The maximum Gasteiger partial charge on any atom is 0.362 e. The summed E-state index contributed by atoms with van der Waals surface area (Å²) in [6.45, 7) is 14.5. The van der Waals surface area contributed by atoms with Gasteiger partial charge < -0.3 is 48.5 Å². The number of aromatic nitrogens is 1. The lowest BCUT2D eigenvalue weighted by Gasteiger charge is -2.54. The zero-order valence-corrected chi connectivity index (χ0v) is 31.9. The summed E-state index contributed by atoms with van der Waals surface area (Å²) in [7, 11) is 1.48. The van der Waals surface area contributed by atoms with Crippen molar-refractivity contribution in [2.75, 3.05) is 59.5 Å². The minimum atomic E-state index is -0.916. The van der Waals surface area contributed by atoms with Gasteiger partial charge in [0.05, 0.1) is 11.7 Å². The van der Waals surface area contributed by atoms with E-state index in [2.05, 4.69) is 17.1 Å². The predicted molar refractivity (Wildman–Crippen MR) is 192 cm³/mol. The van der Waals surface area contributed by atoms with Gasteiger partial charge in [-0.25, -0.2) is 14.4 Å². The first-order chi connectivity index (χ1) is 25.1. The molecule has 4 fully saturated rings. The number of cyclic esters (lactones) is 1. The number of H-pyrrole nitrogens is 1. The van der Waals surface area contributed by atoms with Crippen molar-refractivity contribution in [1.29, 1.82) is 0 Å². The average Bonchev–Trinajstić information content (AvgIpc) is 3.76. The minimum absolute atomic E-state index is 0.129. The van der Waals surface area contributed by atoms with Crippen LogP contribution in [-0.4, -0.2) is 145 Å². The number of nitrogens with one attached hydrogen (secondary N) is 1. The molecule has 1 aromatic heterocycles. The number of methoxy groups -OCH3 is 1. The molecule has 0 unspecified atom stereocenters. The summed E-state index contributed by atoms with van der Waals surface area (Å²) in [4.78, 5) is 55.1. The third-order valence-electron chi connectivity index (χ3n) is 13.0. The van der Waals surface area contributed by atoms with Gasteiger partial charge in [-0.05, 0) is 51.3 Å². The van der Waals surface area contributed by atoms with Gasteiger partial charge in [-0.3, -0.25) is 4.79 Å². The topological polar surface area (TPSA) is 176 Å². The van der Waals surface area contributed by atoms with Crippen LogP contribution in [0.15, 0.2) is 42.1 Å². The summed E-state index contributed by atoms with van der Waals surface area (Å²) in [5.41, 5.74) is 5.91. The number of piperazine rings is 3. The summed E-state index contributed by atoms with van der Waals surface area (Å²) < 4.78 is 32.4. The highest BCUT2D eigenvalue weighted by atomic mass is 16.6. The van der Waals surface area contributed by atoms with Crippen LogP contribution in [0.3, 0.4) is 0 Å². The molecule has 5 aliphatic heterocycles. The van der Waals surface area contributed by atoms with Crippen LogP contribution < -0.4 is 5.73 Å². The van der Waals surface area contributed by atoms with Crippen LogP contribution in [0.25, 0.3) is 0 Å². The molecule has 0 aromatic carbocycles. The number of aliphatic hydroxyl groups is 1. The fourth-order valence-corrected chi connectivity index (χ4v) is 9.54. The molecule has 4 N–H and O–H groups in total. The number of nitrogens with zero attached hydrogens (tertiary/aromatic N) is 2. The second-order valence-corrected chi connectivity index (χ2v) is 16.5. The number of rotatable bonds is 12. The number of fused-ring (bicyclic) bond motifs is 4. The maximum atomic E-state index is 13.8. The number of hydrogen-bond acceptors (Lipinski definition) is 10. The van der Waals surface area contributed by atoms with E-state index in [4.69, 9.17) is 29.4 Å². The van der Waals surface area contributed by atoms with E-state index >= 15 is 0 Å². The van der Waals surface area contributed by atoms with Crippen LogP contribution in [-0.2, 0) is 38.1 Å². The van der Waals surface area contributed by atoms with Gasteiger partial charge in [0, 0.05) is 37.0 Å². The molecule has 7 rings (SSSR count). The lowest BCUT2D eigenvalue weighted by molar-refractivity contribution is -1.07. The van der Waals surface area contributed by atoms with Gasteiger partial charge in [-0.15, -0.1) is 0 Å². The number of hydrogen-bond donors (Lipinski definition) is 3. The van der Waals surface area contributed by atoms with E-state index in [1.807, 2.05) is 26.8 Å². The van der Waals surface area contributed by atoms with Crippen molar-refractivity contribution in [3.63, 3.8) is 0 Å². The van der Waals surface area contributed by atoms with Crippen molar-refractivity contribution in [2.24, 2.45) is 29.4 Å². The van der Waals surface area contributed by atoms with Gasteiger partial charge in [-0.2, -0.15) is 0 Å². The van der Waals surface area contributed by atoms with Crippen LogP contribution in [0.1, 0.15) is 57.9 Å². The lowest BCUT2D eigenvalue weighted by atomic mass is 9.69. The number of quaternary nitrogens is 2. The highest BCUT2D eigenvalue weighted by molar-refractivity contribution is 5.87. The van der Waals surface area contributed by atoms with Crippen molar-refractivity contribution < 1.29 is 56.9 Å². The van der Waals surface area contributed by atoms with Gasteiger partial charge in [0.2, 0.25) is 0 Å². The summed E-state index contributed by atoms with van der Waals surface area (Å²) in [5.74, 6) is -2.93. The van der Waals surface area contributed by atoms with E-state index in [0.29, 0.717) is 27.6 Å². The van der Waals surface area contributed by atoms with Gasteiger partial charge in [0.15, 0.2) is 19.2 Å². The van der Waals surface area contributed by atoms with Crippen molar-refractivity contribution in [3.05, 3.63) is 47.8 Å². The molecule has 1 aliphatic carbocycles. The second kappa shape index (κ2) is 15.3. The Morgan fingerprint density at radius 2 is 1.70 bits per heavy atom. The molecule has 6 aliphatic rings. The molecule has 14 heteroatoms. The van der Waals surface area contributed by atoms with Gasteiger partial charge >= 0.3 is 17.9 Å². The normalized spacial score (nSPS) is 38.3. The number of nitrogens with two attached hydrogens (primary N) is 1. The molecule has 0 saturated carbocycles. The number of esters is 3. The minimum Gasteiger partial charge on any atom is -0.456 e. The molecule has 11 atom stereocenters. The first-order valence-corrected chi connectivity index (χ1v) is 19.1. The van der Waals surface area contributed by atoms with E-state index in [-0.39, 0.29) is 42.6 Å². The van der Waals surface area contributed by atoms with Gasteiger partial charge in [0.1, 0.15) is 69.4 Å². The standard InChI is InChI=1S/C39H56N4O10/c1-23-18-24(2)39-20-28(36(53-39)35(25(3)26(4)44)52-37(47)30-8-7-11-41-30)9-10-29(39)19-31(49-6)38(48)51-34(23)27(5)50-33(46)22-43-15-12-42(13-16-43,14-17-43)21-32(40)45/h7-11,18,23,25-29,31,34-36,44H,12-17,19-22H2,1-6H3,(H-2,40,41,45,47)/p+2/b24-18+/t23-,25-,26+,27-,28-,29-,31+,34+,35-,36-,39+,42?,43?/m1/s1. The Balaban J connectivity index is 1.22. The SMILES string of the molecule is CO[C@H]1C[C@H]2C=C[C@@H]3C[C@]2(O[C@H]3[C@H](OC(=O)c2ccc[nH]2)[C@H](C)[C@H](C)O)/C(C)=C/[C@@H](C)[C@@H]([C@@H](C)OC(=O)C[N+]23CC[N+](CC(N)=O)(CC2)CC3)OC1=O. The zero-order valence-electron chi connectivity index (χ0n) is 31.9. The Morgan fingerprint density at radius 3 is 2.28 bits per heavy atom. The van der Waals surface area contributed by atoms with Crippen LogP contribution in [0.5, 0.6) is 0 Å². The molecular formula is C39H58N4O10+2. The van der Waals surface area contributed by atoms with E-state index in [9.17, 15) is 24.3 Å². The summed E-state index contributed by atoms with van der Waals surface area (Å²) in [5, 5.41) is 10.7. The molecule has 4 saturated heterocycles. The molecule has 4 bridgehead atoms. The Hall–Kier alpha value is -3.56. The van der Waals surface area contributed by atoms with Crippen LogP contribution >= 0.6 is 0 Å². The largest absolute Gasteiger partial charge is 0.456 e. The third kappa shape index (κ3) is 7.84. The van der Waals surface area contributed by atoms with E-state index in [0.717, 1.165) is 44.8 Å². The first-order valence-electron chi connectivity index (χ1n) is 19.1. The van der Waals surface area contributed by atoms with Gasteiger partial charge in [0.25, 0.3) is 5.91 Å². The first kappa shape index (κ1) is 39.1. The van der Waals surface area contributed by atoms with Crippen LogP contribution in [0.2, 0.25) is 0 Å². The third-order valence-corrected chi connectivity index (χ3v) is 13.0. The molecule has 14 nitrogen and oxygen atoms in total. The van der Waals surface area contributed by atoms with Crippen molar-refractivity contribution in [1.82, 2.24) is 4.98 Å². The summed E-state index contributed by atoms with van der Waals surface area (Å²) >= 11 is 0. The number of carbonyl (C=O) groups is 4.